The lowest BCUT2D eigenvalue weighted by Crippen LogP contribution is -2.37. The fraction of sp³-hybridized carbons (Fsp3) is 0.440. The van der Waals surface area contributed by atoms with Crippen LogP contribution in [0.25, 0.3) is 10.9 Å². The molecule has 6 nitrogen and oxygen atoms in total. The number of benzene rings is 2. The molecule has 3 aromatic rings. The smallest absolute Gasteiger partial charge is 0.225 e. The highest BCUT2D eigenvalue weighted by molar-refractivity contribution is 5.90. The van der Waals surface area contributed by atoms with Crippen LogP contribution in [0.4, 0.5) is 11.8 Å². The Morgan fingerprint density at radius 1 is 0.935 bits per heavy atom. The normalized spacial score (nSPS) is 18.8. The highest BCUT2D eigenvalue weighted by atomic mass is 16.3. The van der Waals surface area contributed by atoms with E-state index in [-0.39, 0.29) is 0 Å². The predicted octanol–water partition coefficient (Wildman–Crippen LogP) is 4.35. The van der Waals surface area contributed by atoms with Crippen LogP contribution in [0.1, 0.15) is 37.7 Å². The maximum Gasteiger partial charge on any atom is 0.225 e. The molecule has 6 heteroatoms. The molecular formula is C25H33N5O. The second-order valence-corrected chi connectivity index (χ2v) is 8.66. The summed E-state index contributed by atoms with van der Waals surface area (Å²) in [6.45, 7) is 0.983. The zero-order chi connectivity index (χ0) is 21.6. The van der Waals surface area contributed by atoms with Gasteiger partial charge in [-0.3, -0.25) is 0 Å². The lowest BCUT2D eigenvalue weighted by molar-refractivity contribution is 0.352. The van der Waals surface area contributed by atoms with E-state index in [9.17, 15) is 5.11 Å². The number of fused-ring (bicyclic) bond motifs is 1. The summed E-state index contributed by atoms with van der Waals surface area (Å²) in [5.74, 6) is 2.08. The number of anilines is 2. The molecule has 4 rings (SSSR count). The van der Waals surface area contributed by atoms with Gasteiger partial charge in [0, 0.05) is 31.6 Å². The van der Waals surface area contributed by atoms with E-state index in [0.717, 1.165) is 73.3 Å². The van der Waals surface area contributed by atoms with Crippen LogP contribution in [0.15, 0.2) is 48.5 Å². The number of rotatable bonds is 8. The molecule has 1 aliphatic carbocycles. The van der Waals surface area contributed by atoms with Crippen LogP contribution < -0.4 is 15.5 Å². The average molecular weight is 420 g/mol. The third-order valence-corrected chi connectivity index (χ3v) is 6.11. The monoisotopic (exact) mass is 419 g/mol. The maximum absolute atomic E-state index is 9.87. The van der Waals surface area contributed by atoms with Crippen LogP contribution in [0.2, 0.25) is 0 Å². The van der Waals surface area contributed by atoms with Gasteiger partial charge >= 0.3 is 0 Å². The lowest BCUT2D eigenvalue weighted by Gasteiger charge is -2.30. The highest BCUT2D eigenvalue weighted by Gasteiger charge is 2.22. The zero-order valence-corrected chi connectivity index (χ0v) is 18.5. The number of aryl methyl sites for hydroxylation is 1. The molecule has 0 unspecified atom stereocenters. The van der Waals surface area contributed by atoms with Crippen LogP contribution >= 0.6 is 0 Å². The largest absolute Gasteiger partial charge is 0.508 e. The van der Waals surface area contributed by atoms with Gasteiger partial charge in [-0.05, 0) is 68.8 Å². The second-order valence-electron chi connectivity index (χ2n) is 8.66. The molecule has 1 fully saturated rings. The molecule has 0 atom stereocenters. The summed E-state index contributed by atoms with van der Waals surface area (Å²) in [7, 11) is 4.04. The van der Waals surface area contributed by atoms with Gasteiger partial charge in [-0.1, -0.05) is 30.3 Å². The quantitative estimate of drug-likeness (QED) is 0.472. The number of aromatic hydroxyl groups is 1. The van der Waals surface area contributed by atoms with Crippen molar-refractivity contribution >= 4 is 22.7 Å². The summed E-state index contributed by atoms with van der Waals surface area (Å²) in [5, 5.41) is 18.2. The fourth-order valence-electron chi connectivity index (χ4n) is 4.40. The molecule has 0 saturated heterocycles. The summed E-state index contributed by atoms with van der Waals surface area (Å²) in [4.78, 5) is 11.6. The van der Waals surface area contributed by atoms with Crippen LogP contribution in [0, 0.1) is 0 Å². The molecule has 0 spiro atoms. The maximum atomic E-state index is 9.87. The minimum Gasteiger partial charge on any atom is -0.508 e. The minimum atomic E-state index is 0.405. The van der Waals surface area contributed by atoms with E-state index in [1.807, 2.05) is 55.4 Å². The molecule has 164 valence electrons. The van der Waals surface area contributed by atoms with Gasteiger partial charge in [0.1, 0.15) is 11.6 Å². The Morgan fingerprint density at radius 2 is 1.65 bits per heavy atom. The van der Waals surface area contributed by atoms with Gasteiger partial charge in [0.25, 0.3) is 0 Å². The zero-order valence-electron chi connectivity index (χ0n) is 18.5. The predicted molar refractivity (Wildman–Crippen MR) is 128 cm³/mol. The van der Waals surface area contributed by atoms with Crippen LogP contribution in [-0.4, -0.2) is 47.8 Å². The number of hydrogen-bond donors (Lipinski definition) is 3. The van der Waals surface area contributed by atoms with Gasteiger partial charge in [0.2, 0.25) is 5.95 Å². The SMILES string of the molecule is CN(C)c1nc(NC2CCC(NCCCc3ccccc3O)CC2)nc2ccccc12. The first-order valence-electron chi connectivity index (χ1n) is 11.3. The van der Waals surface area contributed by atoms with E-state index < -0.39 is 0 Å². The molecule has 0 radical (unpaired) electrons. The third-order valence-electron chi connectivity index (χ3n) is 6.11. The summed E-state index contributed by atoms with van der Waals surface area (Å²) in [5.41, 5.74) is 2.01. The van der Waals surface area contributed by atoms with Crippen LogP contribution in [0.3, 0.4) is 0 Å². The average Bonchev–Trinajstić information content (AvgIpc) is 2.78. The van der Waals surface area contributed by atoms with Crippen molar-refractivity contribution in [2.75, 3.05) is 30.9 Å². The van der Waals surface area contributed by atoms with Crippen molar-refractivity contribution < 1.29 is 5.11 Å². The Bertz CT molecular complexity index is 998. The number of phenolic OH excluding ortho intramolecular Hbond substituents is 1. The van der Waals surface area contributed by atoms with Gasteiger partial charge in [-0.25, -0.2) is 4.98 Å². The first-order valence-corrected chi connectivity index (χ1v) is 11.3. The van der Waals surface area contributed by atoms with Crippen LogP contribution in [0.5, 0.6) is 5.75 Å². The van der Waals surface area contributed by atoms with E-state index in [4.69, 9.17) is 9.97 Å². The number of nitrogens with one attached hydrogen (secondary N) is 2. The summed E-state index contributed by atoms with van der Waals surface area (Å²) in [6, 6.07) is 16.8. The van der Waals surface area contributed by atoms with Gasteiger partial charge in [-0.2, -0.15) is 4.98 Å². The number of hydrogen-bond acceptors (Lipinski definition) is 6. The molecule has 0 bridgehead atoms. The van der Waals surface area contributed by atoms with Crippen LogP contribution in [-0.2, 0) is 6.42 Å². The van der Waals surface area contributed by atoms with E-state index in [2.05, 4.69) is 16.7 Å². The Labute approximate surface area is 184 Å². The number of nitrogens with zero attached hydrogens (tertiary/aromatic N) is 3. The van der Waals surface area contributed by atoms with Gasteiger partial charge < -0.3 is 20.6 Å². The van der Waals surface area contributed by atoms with E-state index in [0.29, 0.717) is 17.8 Å². The molecule has 1 aliphatic rings. The molecule has 0 aliphatic heterocycles. The Balaban J connectivity index is 1.25. The standard InChI is InChI=1S/C25H33N5O/c1-30(2)24-21-10-4-5-11-22(21)28-25(29-24)27-20-15-13-19(14-16-20)26-17-7-9-18-8-3-6-12-23(18)31/h3-6,8,10-12,19-20,26,31H,7,9,13-17H2,1-2H3,(H,27,28,29). The number of aromatic nitrogens is 2. The fourth-order valence-corrected chi connectivity index (χ4v) is 4.40. The van der Waals surface area contributed by atoms with Crippen molar-refractivity contribution in [3.8, 4) is 5.75 Å². The lowest BCUT2D eigenvalue weighted by atomic mass is 9.91. The minimum absolute atomic E-state index is 0.405. The van der Waals surface area contributed by atoms with E-state index in [1.54, 1.807) is 6.07 Å². The Kier molecular flexibility index (Phi) is 6.87. The summed E-state index contributed by atoms with van der Waals surface area (Å²) in [6.07, 6.45) is 6.48. The first kappa shape index (κ1) is 21.4. The molecule has 2 aromatic carbocycles. The topological polar surface area (TPSA) is 73.3 Å². The number of para-hydroxylation sites is 2. The Morgan fingerprint density at radius 3 is 2.42 bits per heavy atom. The van der Waals surface area contributed by atoms with Gasteiger partial charge in [-0.15, -0.1) is 0 Å². The molecule has 3 N–H and O–H groups in total. The molecule has 1 aromatic heterocycles. The van der Waals surface area contributed by atoms with E-state index >= 15 is 0 Å². The van der Waals surface area contributed by atoms with E-state index in [1.165, 1.54) is 0 Å². The van der Waals surface area contributed by atoms with Crippen molar-refractivity contribution in [1.82, 2.24) is 15.3 Å². The molecule has 31 heavy (non-hydrogen) atoms. The third kappa shape index (κ3) is 5.44. The second kappa shape index (κ2) is 9.96. The van der Waals surface area contributed by atoms with Crippen molar-refractivity contribution in [2.45, 2.75) is 50.6 Å². The number of phenols is 1. The Hall–Kier alpha value is -2.86. The highest BCUT2D eigenvalue weighted by Crippen LogP contribution is 2.26. The first-order chi connectivity index (χ1) is 15.1. The molecule has 1 saturated carbocycles. The molecular weight excluding hydrogens is 386 g/mol. The molecule has 1 heterocycles. The molecule has 0 amide bonds. The van der Waals surface area contributed by atoms with Crippen molar-refractivity contribution in [2.24, 2.45) is 0 Å². The van der Waals surface area contributed by atoms with Gasteiger partial charge in [0.05, 0.1) is 5.52 Å². The van der Waals surface area contributed by atoms with Crippen molar-refractivity contribution in [3.63, 3.8) is 0 Å². The summed E-state index contributed by atoms with van der Waals surface area (Å²) >= 11 is 0. The summed E-state index contributed by atoms with van der Waals surface area (Å²) < 4.78 is 0. The van der Waals surface area contributed by atoms with Crippen molar-refractivity contribution in [3.05, 3.63) is 54.1 Å². The van der Waals surface area contributed by atoms with Gasteiger partial charge in [0.15, 0.2) is 0 Å². The van der Waals surface area contributed by atoms with Crippen molar-refractivity contribution in [1.29, 1.82) is 0 Å².